The van der Waals surface area contributed by atoms with Gasteiger partial charge in [-0.25, -0.2) is 17.2 Å². The average Bonchev–Trinajstić information content (AvgIpc) is 3.21. The normalized spacial score (nSPS) is 11.4. The molecular weight excluding hydrogens is 442 g/mol. The van der Waals surface area contributed by atoms with Gasteiger partial charge in [0.05, 0.1) is 5.69 Å². The summed E-state index contributed by atoms with van der Waals surface area (Å²) < 4.78 is 28.1. The van der Waals surface area contributed by atoms with Crippen LogP contribution >= 0.6 is 27.3 Å². The van der Waals surface area contributed by atoms with E-state index >= 15 is 0 Å². The van der Waals surface area contributed by atoms with Crippen molar-refractivity contribution in [3.63, 3.8) is 0 Å². The summed E-state index contributed by atoms with van der Waals surface area (Å²) in [5.41, 5.74) is 1.96. The van der Waals surface area contributed by atoms with E-state index in [-0.39, 0.29) is 11.4 Å². The van der Waals surface area contributed by atoms with Crippen LogP contribution < -0.4 is 5.32 Å². The van der Waals surface area contributed by atoms with Crippen molar-refractivity contribution in [2.45, 2.75) is 11.3 Å². The Morgan fingerprint density at radius 1 is 1.38 bits per heavy atom. The lowest BCUT2D eigenvalue weighted by Gasteiger charge is -2.09. The maximum Gasteiger partial charge on any atom is 0.404 e. The Labute approximate surface area is 162 Å². The zero-order valence-electron chi connectivity index (χ0n) is 13.3. The topological polar surface area (TPSA) is 101 Å². The van der Waals surface area contributed by atoms with Crippen LogP contribution in [-0.2, 0) is 16.4 Å². The quantitative estimate of drug-likeness (QED) is 0.592. The minimum Gasteiger partial charge on any atom is -0.465 e. The highest BCUT2D eigenvalue weighted by molar-refractivity contribution is 9.10. The highest BCUT2D eigenvalue weighted by atomic mass is 79.9. The largest absolute Gasteiger partial charge is 0.465 e. The van der Waals surface area contributed by atoms with E-state index in [1.807, 2.05) is 10.8 Å². The molecule has 0 unspecified atom stereocenters. The van der Waals surface area contributed by atoms with Gasteiger partial charge in [-0.3, -0.25) is 4.98 Å². The minimum atomic E-state index is -3.83. The van der Waals surface area contributed by atoms with Crippen molar-refractivity contribution in [2.75, 3.05) is 6.54 Å². The molecule has 136 valence electrons. The number of hydrogen-bond acceptors (Lipinski definition) is 5. The van der Waals surface area contributed by atoms with E-state index in [0.717, 1.165) is 10.0 Å². The molecule has 1 amide bonds. The van der Waals surface area contributed by atoms with Crippen molar-refractivity contribution in [1.29, 1.82) is 0 Å². The number of nitrogens with zero attached hydrogens (tertiary/aromatic N) is 2. The lowest BCUT2D eigenvalue weighted by Crippen LogP contribution is -2.23. The second kappa shape index (κ2) is 7.60. The highest BCUT2D eigenvalue weighted by Crippen LogP contribution is 2.34. The van der Waals surface area contributed by atoms with Crippen molar-refractivity contribution in [3.05, 3.63) is 57.6 Å². The maximum atomic E-state index is 13.1. The summed E-state index contributed by atoms with van der Waals surface area (Å²) in [4.78, 5) is 14.6. The number of carbonyl (C=O) groups is 1. The first kappa shape index (κ1) is 18.6. The molecule has 0 aliphatic rings. The van der Waals surface area contributed by atoms with Gasteiger partial charge in [0, 0.05) is 45.9 Å². The molecule has 0 bridgehead atoms. The van der Waals surface area contributed by atoms with Crippen LogP contribution in [0.25, 0.3) is 11.3 Å². The number of pyridine rings is 1. The molecule has 0 aliphatic carbocycles. The fourth-order valence-corrected chi connectivity index (χ4v) is 5.27. The molecule has 0 aromatic carbocycles. The summed E-state index contributed by atoms with van der Waals surface area (Å²) in [5, 5.41) is 14.7. The van der Waals surface area contributed by atoms with E-state index in [2.05, 4.69) is 26.2 Å². The van der Waals surface area contributed by atoms with Crippen LogP contribution in [0.3, 0.4) is 0 Å². The lowest BCUT2D eigenvalue weighted by molar-refractivity contribution is 0.194. The summed E-state index contributed by atoms with van der Waals surface area (Å²) in [7, 11) is -3.83. The zero-order valence-corrected chi connectivity index (χ0v) is 16.5. The Kier molecular flexibility index (Phi) is 5.44. The molecule has 0 atom stereocenters. The molecule has 0 fully saturated rings. The fourth-order valence-electron chi connectivity index (χ4n) is 2.42. The van der Waals surface area contributed by atoms with Gasteiger partial charge in [-0.05, 0) is 46.1 Å². The predicted octanol–water partition coefficient (Wildman–Crippen LogP) is 3.42. The van der Waals surface area contributed by atoms with Gasteiger partial charge in [-0.2, -0.15) is 11.3 Å². The molecular formula is C16H14BrN3O4S2. The highest BCUT2D eigenvalue weighted by Gasteiger charge is 2.23. The summed E-state index contributed by atoms with van der Waals surface area (Å²) in [6.45, 7) is 0.191. The van der Waals surface area contributed by atoms with Gasteiger partial charge < -0.3 is 10.4 Å². The van der Waals surface area contributed by atoms with E-state index in [0.29, 0.717) is 17.7 Å². The van der Waals surface area contributed by atoms with Crippen LogP contribution in [0.4, 0.5) is 4.79 Å². The van der Waals surface area contributed by atoms with Gasteiger partial charge in [0.15, 0.2) is 0 Å². The molecule has 3 aromatic rings. The van der Waals surface area contributed by atoms with Crippen LogP contribution in [0.1, 0.15) is 5.56 Å². The molecule has 0 saturated heterocycles. The Hall–Kier alpha value is -2.17. The van der Waals surface area contributed by atoms with Crippen molar-refractivity contribution in [3.8, 4) is 11.3 Å². The molecule has 3 heterocycles. The first-order chi connectivity index (χ1) is 12.4. The SMILES string of the molecule is O=C(O)NCCc1cc(-c2cscc2Br)n(S(=O)(=O)c2cccnc2)c1. The molecule has 3 aromatic heterocycles. The zero-order chi connectivity index (χ0) is 18.7. The van der Waals surface area contributed by atoms with E-state index in [1.54, 1.807) is 12.1 Å². The second-order valence-electron chi connectivity index (χ2n) is 5.34. The van der Waals surface area contributed by atoms with Crippen molar-refractivity contribution in [2.24, 2.45) is 0 Å². The predicted molar refractivity (Wildman–Crippen MR) is 102 cm³/mol. The molecule has 0 spiro atoms. The number of halogens is 1. The summed E-state index contributed by atoms with van der Waals surface area (Å²) in [6.07, 6.45) is 3.58. The van der Waals surface area contributed by atoms with Crippen LogP contribution in [-0.4, -0.2) is 35.1 Å². The minimum absolute atomic E-state index is 0.0819. The Morgan fingerprint density at radius 3 is 2.81 bits per heavy atom. The number of hydrogen-bond donors (Lipinski definition) is 2. The van der Waals surface area contributed by atoms with Gasteiger partial charge in [0.2, 0.25) is 0 Å². The first-order valence-electron chi connectivity index (χ1n) is 7.45. The molecule has 26 heavy (non-hydrogen) atoms. The van der Waals surface area contributed by atoms with E-state index in [4.69, 9.17) is 5.11 Å². The van der Waals surface area contributed by atoms with Crippen LogP contribution in [0.2, 0.25) is 0 Å². The number of rotatable bonds is 6. The fraction of sp³-hybridized carbons (Fsp3) is 0.125. The van der Waals surface area contributed by atoms with Crippen LogP contribution in [0, 0.1) is 0 Å². The van der Waals surface area contributed by atoms with Gasteiger partial charge in [-0.15, -0.1) is 0 Å². The third kappa shape index (κ3) is 3.81. The molecule has 2 N–H and O–H groups in total. The number of aromatic nitrogens is 2. The first-order valence-corrected chi connectivity index (χ1v) is 10.6. The number of carboxylic acid groups (broad SMARTS) is 1. The Morgan fingerprint density at radius 2 is 2.19 bits per heavy atom. The Bertz CT molecular complexity index is 1030. The summed E-state index contributed by atoms with van der Waals surface area (Å²) >= 11 is 4.89. The van der Waals surface area contributed by atoms with Gasteiger partial charge >= 0.3 is 6.09 Å². The number of nitrogens with one attached hydrogen (secondary N) is 1. The van der Waals surface area contributed by atoms with Gasteiger partial charge in [-0.1, -0.05) is 0 Å². The molecule has 0 saturated carbocycles. The van der Waals surface area contributed by atoms with E-state index in [9.17, 15) is 13.2 Å². The standard InChI is InChI=1S/C16H14BrN3O4S2/c17-14-10-25-9-13(14)15-6-11(3-5-19-16(21)22)8-20(15)26(23,24)12-2-1-4-18-7-12/h1-2,4,6-10,19H,3,5H2,(H,21,22). The van der Waals surface area contributed by atoms with Crippen LogP contribution in [0.5, 0.6) is 0 Å². The van der Waals surface area contributed by atoms with E-state index in [1.165, 1.54) is 40.0 Å². The number of amides is 1. The third-order valence-electron chi connectivity index (χ3n) is 3.61. The molecule has 0 radical (unpaired) electrons. The monoisotopic (exact) mass is 455 g/mol. The third-order valence-corrected chi connectivity index (χ3v) is 6.97. The van der Waals surface area contributed by atoms with Crippen molar-refractivity contribution < 1.29 is 18.3 Å². The van der Waals surface area contributed by atoms with E-state index < -0.39 is 16.1 Å². The Balaban J connectivity index is 2.06. The summed E-state index contributed by atoms with van der Waals surface area (Å²) in [6, 6.07) is 4.80. The molecule has 3 rings (SSSR count). The van der Waals surface area contributed by atoms with Crippen molar-refractivity contribution >= 4 is 43.4 Å². The maximum absolute atomic E-state index is 13.1. The second-order valence-corrected chi connectivity index (χ2v) is 8.75. The van der Waals surface area contributed by atoms with Gasteiger partial charge in [0.1, 0.15) is 4.90 Å². The van der Waals surface area contributed by atoms with Gasteiger partial charge in [0.25, 0.3) is 10.0 Å². The smallest absolute Gasteiger partial charge is 0.404 e. The number of thiophene rings is 1. The summed E-state index contributed by atoms with van der Waals surface area (Å²) in [5.74, 6) is 0. The molecule has 7 nitrogen and oxygen atoms in total. The lowest BCUT2D eigenvalue weighted by atomic mass is 10.2. The van der Waals surface area contributed by atoms with Crippen molar-refractivity contribution in [1.82, 2.24) is 14.3 Å². The van der Waals surface area contributed by atoms with Crippen LogP contribution in [0.15, 0.2) is 56.9 Å². The average molecular weight is 456 g/mol. The molecule has 0 aliphatic heterocycles. The molecule has 10 heteroatoms.